The molecule has 1 fully saturated rings. The van der Waals surface area contributed by atoms with Crippen LogP contribution in [0.4, 0.5) is 0 Å². The van der Waals surface area contributed by atoms with Gasteiger partial charge < -0.3 is 10.6 Å². The minimum atomic E-state index is -0.0871. The second kappa shape index (κ2) is 5.17. The summed E-state index contributed by atoms with van der Waals surface area (Å²) >= 11 is 0. The molecule has 1 aliphatic heterocycles. The molecule has 108 valence electrons. The lowest BCUT2D eigenvalue weighted by molar-refractivity contribution is 0.185. The van der Waals surface area contributed by atoms with Gasteiger partial charge in [-0.05, 0) is 36.1 Å². The molecule has 0 saturated carbocycles. The van der Waals surface area contributed by atoms with E-state index in [1.165, 1.54) is 0 Å². The van der Waals surface area contributed by atoms with Crippen LogP contribution in [0.25, 0.3) is 0 Å². The Labute approximate surface area is 115 Å². The fourth-order valence-corrected chi connectivity index (χ4v) is 3.05. The van der Waals surface area contributed by atoms with Crippen LogP contribution in [0.2, 0.25) is 0 Å². The van der Waals surface area contributed by atoms with Crippen LogP contribution in [-0.2, 0) is 5.54 Å². The molecule has 19 heavy (non-hydrogen) atoms. The van der Waals surface area contributed by atoms with Gasteiger partial charge in [0.05, 0.1) is 11.6 Å². The van der Waals surface area contributed by atoms with Gasteiger partial charge in [0, 0.05) is 19.6 Å². The van der Waals surface area contributed by atoms with Crippen LogP contribution in [-0.4, -0.2) is 39.8 Å². The SMILES string of the molecule is CC(C)(C)CC(C)(C)n1nnnc1C1CNCCN1. The predicted octanol–water partition coefficient (Wildman–Crippen LogP) is 1.08. The van der Waals surface area contributed by atoms with Crippen molar-refractivity contribution in [3.05, 3.63) is 5.82 Å². The molecule has 0 bridgehead atoms. The number of aromatic nitrogens is 4. The molecule has 2 heterocycles. The van der Waals surface area contributed by atoms with Crippen LogP contribution in [0.15, 0.2) is 0 Å². The van der Waals surface area contributed by atoms with Crippen molar-refractivity contribution in [1.82, 2.24) is 30.8 Å². The lowest BCUT2D eigenvalue weighted by Crippen LogP contribution is -2.45. The topological polar surface area (TPSA) is 67.7 Å². The molecule has 1 atom stereocenters. The normalized spacial score (nSPS) is 21.6. The van der Waals surface area contributed by atoms with Crippen molar-refractivity contribution < 1.29 is 0 Å². The molecule has 2 rings (SSSR count). The quantitative estimate of drug-likeness (QED) is 0.857. The lowest BCUT2D eigenvalue weighted by Gasteiger charge is -2.34. The molecule has 0 amide bonds. The Kier molecular flexibility index (Phi) is 3.92. The van der Waals surface area contributed by atoms with E-state index in [0.717, 1.165) is 31.9 Å². The first-order valence-electron chi connectivity index (χ1n) is 7.02. The molecule has 1 unspecified atom stereocenters. The van der Waals surface area contributed by atoms with Crippen LogP contribution in [0, 0.1) is 5.41 Å². The number of hydrogen-bond acceptors (Lipinski definition) is 5. The Morgan fingerprint density at radius 1 is 1.21 bits per heavy atom. The molecule has 6 nitrogen and oxygen atoms in total. The summed E-state index contributed by atoms with van der Waals surface area (Å²) in [7, 11) is 0. The summed E-state index contributed by atoms with van der Waals surface area (Å²) in [5, 5.41) is 19.2. The van der Waals surface area contributed by atoms with Crippen molar-refractivity contribution in [1.29, 1.82) is 0 Å². The Morgan fingerprint density at radius 3 is 2.53 bits per heavy atom. The minimum Gasteiger partial charge on any atom is -0.313 e. The maximum Gasteiger partial charge on any atom is 0.170 e. The third kappa shape index (κ3) is 3.51. The minimum absolute atomic E-state index is 0.0871. The first-order valence-corrected chi connectivity index (χ1v) is 7.02. The molecule has 1 saturated heterocycles. The number of hydrogen-bond donors (Lipinski definition) is 2. The molecule has 1 aliphatic rings. The van der Waals surface area contributed by atoms with Crippen LogP contribution >= 0.6 is 0 Å². The molecule has 2 N–H and O–H groups in total. The average Bonchev–Trinajstić information content (AvgIpc) is 2.76. The standard InChI is InChI=1S/C13H26N6/c1-12(2,3)9-13(4,5)19-11(16-17-18-19)10-8-14-6-7-15-10/h10,14-15H,6-9H2,1-5H3. The summed E-state index contributed by atoms with van der Waals surface area (Å²) in [6.07, 6.45) is 1.03. The van der Waals surface area contributed by atoms with Crippen molar-refractivity contribution in [3.63, 3.8) is 0 Å². The summed E-state index contributed by atoms with van der Waals surface area (Å²) in [4.78, 5) is 0. The third-order valence-corrected chi connectivity index (χ3v) is 3.38. The van der Waals surface area contributed by atoms with Crippen molar-refractivity contribution in [2.45, 2.75) is 52.6 Å². The highest BCUT2D eigenvalue weighted by Gasteiger charge is 2.33. The van der Waals surface area contributed by atoms with E-state index < -0.39 is 0 Å². The van der Waals surface area contributed by atoms with Crippen LogP contribution < -0.4 is 10.6 Å². The maximum absolute atomic E-state index is 4.24. The Morgan fingerprint density at radius 2 is 1.95 bits per heavy atom. The zero-order valence-corrected chi connectivity index (χ0v) is 12.7. The molecule has 0 spiro atoms. The van der Waals surface area contributed by atoms with Crippen LogP contribution in [0.1, 0.15) is 52.9 Å². The fourth-order valence-electron chi connectivity index (χ4n) is 3.05. The van der Waals surface area contributed by atoms with Gasteiger partial charge in [-0.1, -0.05) is 20.8 Å². The summed E-state index contributed by atoms with van der Waals surface area (Å²) in [5.74, 6) is 0.932. The van der Waals surface area contributed by atoms with E-state index in [4.69, 9.17) is 0 Å². The van der Waals surface area contributed by atoms with Gasteiger partial charge >= 0.3 is 0 Å². The molecule has 1 aromatic heterocycles. The van der Waals surface area contributed by atoms with Gasteiger partial charge in [0.1, 0.15) is 0 Å². The van der Waals surface area contributed by atoms with E-state index in [1.54, 1.807) is 0 Å². The van der Waals surface area contributed by atoms with Crippen molar-refractivity contribution in [2.24, 2.45) is 5.41 Å². The van der Waals surface area contributed by atoms with E-state index >= 15 is 0 Å². The van der Waals surface area contributed by atoms with Gasteiger partial charge in [0.25, 0.3) is 0 Å². The summed E-state index contributed by atoms with van der Waals surface area (Å²) in [6.45, 7) is 14.0. The summed E-state index contributed by atoms with van der Waals surface area (Å²) in [5.41, 5.74) is 0.154. The molecular formula is C13H26N6. The third-order valence-electron chi connectivity index (χ3n) is 3.38. The zero-order chi connectivity index (χ0) is 14.1. The van der Waals surface area contributed by atoms with E-state index in [1.807, 2.05) is 4.68 Å². The maximum atomic E-state index is 4.24. The van der Waals surface area contributed by atoms with Gasteiger partial charge in [-0.15, -0.1) is 5.10 Å². The van der Waals surface area contributed by atoms with E-state index in [2.05, 4.69) is 60.8 Å². The summed E-state index contributed by atoms with van der Waals surface area (Å²) < 4.78 is 1.99. The molecule has 0 aromatic carbocycles. The Bertz CT molecular complexity index is 411. The first kappa shape index (κ1) is 14.4. The lowest BCUT2D eigenvalue weighted by atomic mass is 9.82. The van der Waals surface area contributed by atoms with E-state index in [-0.39, 0.29) is 17.0 Å². The predicted molar refractivity (Wildman–Crippen MR) is 74.8 cm³/mol. The molecule has 0 aliphatic carbocycles. The fraction of sp³-hybridized carbons (Fsp3) is 0.923. The number of tetrazole rings is 1. The number of piperazine rings is 1. The van der Waals surface area contributed by atoms with Gasteiger partial charge in [0.2, 0.25) is 0 Å². The van der Waals surface area contributed by atoms with Crippen molar-refractivity contribution >= 4 is 0 Å². The van der Waals surface area contributed by atoms with Crippen molar-refractivity contribution in [3.8, 4) is 0 Å². The highest BCUT2D eigenvalue weighted by molar-refractivity contribution is 4.99. The molecule has 6 heteroatoms. The van der Waals surface area contributed by atoms with Crippen LogP contribution in [0.5, 0.6) is 0 Å². The smallest absolute Gasteiger partial charge is 0.170 e. The second-order valence-corrected chi connectivity index (χ2v) is 7.21. The van der Waals surface area contributed by atoms with E-state index in [0.29, 0.717) is 0 Å². The van der Waals surface area contributed by atoms with Gasteiger partial charge in [0.15, 0.2) is 5.82 Å². The number of nitrogens with one attached hydrogen (secondary N) is 2. The highest BCUT2D eigenvalue weighted by Crippen LogP contribution is 2.32. The monoisotopic (exact) mass is 266 g/mol. The summed E-state index contributed by atoms with van der Waals surface area (Å²) in [6, 6.07) is 0.197. The largest absolute Gasteiger partial charge is 0.313 e. The second-order valence-electron chi connectivity index (χ2n) is 7.21. The highest BCUT2D eigenvalue weighted by atomic mass is 15.6. The average molecular weight is 266 g/mol. The van der Waals surface area contributed by atoms with Gasteiger partial charge in [-0.2, -0.15) is 0 Å². The number of nitrogens with zero attached hydrogens (tertiary/aromatic N) is 4. The first-order chi connectivity index (χ1) is 8.80. The molecule has 1 aromatic rings. The number of rotatable bonds is 3. The molecule has 0 radical (unpaired) electrons. The van der Waals surface area contributed by atoms with Gasteiger partial charge in [-0.3, -0.25) is 0 Å². The van der Waals surface area contributed by atoms with E-state index in [9.17, 15) is 0 Å². The zero-order valence-electron chi connectivity index (χ0n) is 12.7. The Hall–Kier alpha value is -1.01. The molecular weight excluding hydrogens is 240 g/mol. The van der Waals surface area contributed by atoms with Crippen LogP contribution in [0.3, 0.4) is 0 Å². The van der Waals surface area contributed by atoms with Crippen molar-refractivity contribution in [2.75, 3.05) is 19.6 Å². The van der Waals surface area contributed by atoms with Gasteiger partial charge in [-0.25, -0.2) is 4.68 Å². The Balaban J connectivity index is 2.22.